The number of phenols is 1. The smallest absolute Gasteiger partial charge is 0.245 e. The molecule has 6 bridgehead atoms. The Balaban J connectivity index is 1.30. The van der Waals surface area contributed by atoms with Crippen molar-refractivity contribution in [1.82, 2.24) is 25.4 Å². The average Bonchev–Trinajstić information content (AvgIpc) is 3.74. The molecule has 14 heteroatoms. The lowest BCUT2D eigenvalue weighted by Crippen LogP contribution is -2.52. The lowest BCUT2D eigenvalue weighted by atomic mass is 10.1. The minimum atomic E-state index is -0.985. The fraction of sp³-hybridized carbons (Fsp3) is 0.359. The molecule has 4 heterocycles. The number of oxazole rings is 1. The molecule has 3 aliphatic heterocycles. The third kappa shape index (κ3) is 8.27. The van der Waals surface area contributed by atoms with Crippen LogP contribution in [0.5, 0.6) is 23.0 Å². The lowest BCUT2D eigenvalue weighted by molar-refractivity contribution is -0.141. The van der Waals surface area contributed by atoms with Gasteiger partial charge in [0.25, 0.3) is 0 Å². The Hall–Kier alpha value is -5.92. The summed E-state index contributed by atoms with van der Waals surface area (Å²) in [5.74, 6) is -0.563. The largest absolute Gasteiger partial charge is 0.504 e. The topological polar surface area (TPSA) is 164 Å². The van der Waals surface area contributed by atoms with Gasteiger partial charge in [0, 0.05) is 25.1 Å². The van der Waals surface area contributed by atoms with Crippen molar-refractivity contribution < 1.29 is 42.6 Å². The van der Waals surface area contributed by atoms with Crippen LogP contribution in [-0.4, -0.2) is 81.8 Å². The van der Waals surface area contributed by atoms with Gasteiger partial charge in [-0.1, -0.05) is 18.2 Å². The van der Waals surface area contributed by atoms with Gasteiger partial charge in [-0.15, -0.1) is 0 Å². The van der Waals surface area contributed by atoms with Crippen molar-refractivity contribution in [2.24, 2.45) is 0 Å². The first-order valence-corrected chi connectivity index (χ1v) is 17.5. The molecule has 0 aliphatic carbocycles. The maximum Gasteiger partial charge on any atom is 0.245 e. The van der Waals surface area contributed by atoms with E-state index in [4.69, 9.17) is 13.9 Å². The van der Waals surface area contributed by atoms with Gasteiger partial charge < -0.3 is 39.4 Å². The number of aromatic nitrogens is 1. The summed E-state index contributed by atoms with van der Waals surface area (Å²) in [5, 5.41) is 16.2. The Morgan fingerprint density at radius 2 is 1.91 bits per heavy atom. The summed E-state index contributed by atoms with van der Waals surface area (Å²) in [7, 11) is 1.48. The van der Waals surface area contributed by atoms with Crippen LogP contribution in [0, 0.1) is 12.7 Å². The number of rotatable bonds is 5. The number of hydrogen-bond donors (Lipinski definition) is 3. The minimum Gasteiger partial charge on any atom is -0.504 e. The molecule has 3 atom stereocenters. The second-order valence-electron chi connectivity index (χ2n) is 13.2. The molecule has 53 heavy (non-hydrogen) atoms. The first kappa shape index (κ1) is 36.9. The molecule has 3 aromatic carbocycles. The highest BCUT2D eigenvalue weighted by molar-refractivity contribution is 5.93. The van der Waals surface area contributed by atoms with E-state index < -0.39 is 41.7 Å². The summed E-state index contributed by atoms with van der Waals surface area (Å²) < 4.78 is 31.4. The molecule has 3 N–H and O–H groups in total. The van der Waals surface area contributed by atoms with E-state index in [-0.39, 0.29) is 62.1 Å². The lowest BCUT2D eigenvalue weighted by Gasteiger charge is -2.29. The monoisotopic (exact) mass is 727 g/mol. The van der Waals surface area contributed by atoms with Gasteiger partial charge in [-0.25, -0.2) is 9.37 Å². The van der Waals surface area contributed by atoms with Gasteiger partial charge in [-0.05, 0) is 87.2 Å². The van der Waals surface area contributed by atoms with Crippen molar-refractivity contribution in [3.63, 3.8) is 0 Å². The zero-order valence-electron chi connectivity index (χ0n) is 30.0. The summed E-state index contributed by atoms with van der Waals surface area (Å²) in [6, 6.07) is 13.2. The molecule has 3 aliphatic rings. The van der Waals surface area contributed by atoms with E-state index in [2.05, 4.69) is 15.6 Å². The van der Waals surface area contributed by atoms with Gasteiger partial charge in [0.1, 0.15) is 29.4 Å². The van der Waals surface area contributed by atoms with E-state index in [1.807, 2.05) is 6.92 Å². The minimum absolute atomic E-state index is 0.00635. The summed E-state index contributed by atoms with van der Waals surface area (Å²) in [6.45, 7) is 5.44. The molecule has 1 saturated heterocycles. The number of likely N-dealkylation sites (N-methyl/N-ethyl adjacent to an activating group) is 1. The van der Waals surface area contributed by atoms with Gasteiger partial charge >= 0.3 is 0 Å². The highest BCUT2D eigenvalue weighted by atomic mass is 19.1. The molecule has 278 valence electrons. The average molecular weight is 728 g/mol. The number of carbonyl (C=O) groups is 4. The number of fused-ring (bicyclic) bond motifs is 9. The van der Waals surface area contributed by atoms with Gasteiger partial charge in [-0.3, -0.25) is 19.2 Å². The van der Waals surface area contributed by atoms with E-state index in [1.165, 1.54) is 30.2 Å². The van der Waals surface area contributed by atoms with Crippen LogP contribution >= 0.6 is 0 Å². The van der Waals surface area contributed by atoms with Crippen molar-refractivity contribution in [2.75, 3.05) is 20.2 Å². The standard InChI is InChI=1S/C39H42FN5O8/c1-5-44(36(48)17-25-7-6-8-27(40)15-25)28-19-30-37(49)41-20-29-23(3)52-38(43-29)26-11-13-32(34(18-26)51-4)53-33-16-24(9-12-31(33)46)10-14-35(47)42-22(2)39(50)45(30)21-28/h6-9,11-13,15-16,18,22,28,30,46H,5,10,14,17,19-21H2,1-4H3,(H,41,49)(H,42,47)/t22-,28+,30+/m1/s1. The van der Waals surface area contributed by atoms with Crippen molar-refractivity contribution in [3.05, 3.63) is 89.1 Å². The summed E-state index contributed by atoms with van der Waals surface area (Å²) >= 11 is 0. The maximum absolute atomic E-state index is 14.0. The van der Waals surface area contributed by atoms with Gasteiger partial charge in [-0.2, -0.15) is 0 Å². The first-order chi connectivity index (χ1) is 25.4. The fourth-order valence-electron chi connectivity index (χ4n) is 6.78. The number of amides is 4. The Kier molecular flexibility index (Phi) is 11.0. The molecule has 7 rings (SSSR count). The molecule has 13 nitrogen and oxygen atoms in total. The summed E-state index contributed by atoms with van der Waals surface area (Å²) in [6.07, 6.45) is 0.417. The molecule has 0 spiro atoms. The van der Waals surface area contributed by atoms with Crippen molar-refractivity contribution in [2.45, 2.75) is 71.1 Å². The second kappa shape index (κ2) is 15.8. The number of halogens is 1. The Bertz CT molecular complexity index is 2030. The van der Waals surface area contributed by atoms with Crippen LogP contribution in [0.1, 0.15) is 49.3 Å². The van der Waals surface area contributed by atoms with Crippen LogP contribution in [0.2, 0.25) is 0 Å². The number of aromatic hydroxyl groups is 1. The highest BCUT2D eigenvalue weighted by Crippen LogP contribution is 2.39. The predicted octanol–water partition coefficient (Wildman–Crippen LogP) is 4.42. The van der Waals surface area contributed by atoms with Crippen molar-refractivity contribution in [3.8, 4) is 34.5 Å². The van der Waals surface area contributed by atoms with Crippen LogP contribution in [0.4, 0.5) is 4.39 Å². The van der Waals surface area contributed by atoms with E-state index >= 15 is 0 Å². The van der Waals surface area contributed by atoms with Gasteiger partial charge in [0.05, 0.1) is 26.1 Å². The normalized spacial score (nSPS) is 19.3. The van der Waals surface area contributed by atoms with Crippen LogP contribution in [-0.2, 0) is 38.6 Å². The van der Waals surface area contributed by atoms with Crippen LogP contribution < -0.4 is 20.1 Å². The number of nitrogens with one attached hydrogen (secondary N) is 2. The van der Waals surface area contributed by atoms with Gasteiger partial charge in [0.15, 0.2) is 23.0 Å². The van der Waals surface area contributed by atoms with Gasteiger partial charge in [0.2, 0.25) is 29.5 Å². The first-order valence-electron chi connectivity index (χ1n) is 17.5. The number of ether oxygens (including phenoxy) is 2. The molecule has 1 fully saturated rings. The second-order valence-corrected chi connectivity index (χ2v) is 13.2. The number of hydrogen-bond acceptors (Lipinski definition) is 9. The molecule has 0 saturated carbocycles. The number of aryl methyl sites for hydroxylation is 2. The zero-order chi connectivity index (χ0) is 37.8. The molecular formula is C39H42FN5O8. The van der Waals surface area contributed by atoms with Crippen LogP contribution in [0.3, 0.4) is 0 Å². The quantitative estimate of drug-likeness (QED) is 0.270. The third-order valence-electron chi connectivity index (χ3n) is 9.58. The maximum atomic E-state index is 14.0. The predicted molar refractivity (Wildman–Crippen MR) is 191 cm³/mol. The molecule has 0 radical (unpaired) electrons. The van der Waals surface area contributed by atoms with Crippen molar-refractivity contribution >= 4 is 23.6 Å². The number of methoxy groups -OCH3 is 1. The molecular weight excluding hydrogens is 685 g/mol. The van der Waals surface area contributed by atoms with Crippen molar-refractivity contribution in [1.29, 1.82) is 0 Å². The Labute approximate surface area is 306 Å². The van der Waals surface area contributed by atoms with E-state index in [1.54, 1.807) is 61.2 Å². The molecule has 4 aromatic rings. The highest BCUT2D eigenvalue weighted by Gasteiger charge is 2.44. The van der Waals surface area contributed by atoms with Crippen LogP contribution in [0.15, 0.2) is 65.1 Å². The number of benzene rings is 3. The van der Waals surface area contributed by atoms with Crippen LogP contribution in [0.25, 0.3) is 11.5 Å². The number of nitrogens with zero attached hydrogens (tertiary/aromatic N) is 3. The summed E-state index contributed by atoms with van der Waals surface area (Å²) in [4.78, 5) is 62.1. The number of phenolic OH excluding ortho intramolecular Hbond substituents is 1. The molecule has 4 amide bonds. The number of carbonyl (C=O) groups excluding carboxylic acids is 4. The van der Waals surface area contributed by atoms with E-state index in [9.17, 15) is 28.7 Å². The van der Waals surface area contributed by atoms with E-state index in [0.717, 1.165) is 0 Å². The Morgan fingerprint density at radius 1 is 1.09 bits per heavy atom. The molecule has 1 aromatic heterocycles. The summed E-state index contributed by atoms with van der Waals surface area (Å²) in [5.41, 5.74) is 2.26. The Morgan fingerprint density at radius 3 is 2.66 bits per heavy atom. The fourth-order valence-corrected chi connectivity index (χ4v) is 6.78. The molecule has 0 unspecified atom stereocenters. The third-order valence-corrected chi connectivity index (χ3v) is 9.58. The van der Waals surface area contributed by atoms with E-state index in [0.29, 0.717) is 46.2 Å². The SMILES string of the molecule is CCN(C(=O)Cc1cccc(F)c1)[C@H]1C[C@H]2C(=O)NCc3nc(oc3C)-c3ccc(c(OC)c3)Oc3cc(ccc3O)CCC(=O)N[C@H](C)C(=O)N2C1. The zero-order valence-corrected chi connectivity index (χ0v) is 30.0.